The third-order valence-corrected chi connectivity index (χ3v) is 4.17. The molecule has 1 heterocycles. The summed E-state index contributed by atoms with van der Waals surface area (Å²) in [5.74, 6) is 0.422. The van der Waals surface area contributed by atoms with E-state index in [0.717, 1.165) is 12.0 Å². The summed E-state index contributed by atoms with van der Waals surface area (Å²) in [6.45, 7) is 2.17. The normalized spacial score (nSPS) is 20.5. The van der Waals surface area contributed by atoms with Crippen molar-refractivity contribution in [3.05, 3.63) is 59.4 Å². The molecule has 21 heavy (non-hydrogen) atoms. The van der Waals surface area contributed by atoms with Gasteiger partial charge in [0.2, 0.25) is 0 Å². The molecule has 3 heteroatoms. The zero-order chi connectivity index (χ0) is 14.8. The van der Waals surface area contributed by atoms with Crippen molar-refractivity contribution in [3.8, 4) is 5.75 Å². The number of fused-ring (bicyclic) bond motifs is 1. The van der Waals surface area contributed by atoms with Gasteiger partial charge in [-0.25, -0.2) is 4.39 Å². The van der Waals surface area contributed by atoms with Gasteiger partial charge in [0, 0.05) is 11.7 Å². The van der Waals surface area contributed by atoms with Gasteiger partial charge in [-0.15, -0.1) is 0 Å². The van der Waals surface area contributed by atoms with Gasteiger partial charge in [0.05, 0.1) is 7.11 Å². The number of rotatable bonds is 3. The van der Waals surface area contributed by atoms with Crippen LogP contribution in [0.4, 0.5) is 10.1 Å². The van der Waals surface area contributed by atoms with Gasteiger partial charge >= 0.3 is 0 Å². The summed E-state index contributed by atoms with van der Waals surface area (Å²) in [4.78, 5) is 0. The highest BCUT2D eigenvalue weighted by atomic mass is 19.1. The molecule has 2 aromatic carbocycles. The van der Waals surface area contributed by atoms with E-state index in [2.05, 4.69) is 24.4 Å². The molecular formula is C18H20FNO. The van der Waals surface area contributed by atoms with E-state index >= 15 is 0 Å². The second-order valence-corrected chi connectivity index (χ2v) is 5.70. The van der Waals surface area contributed by atoms with Crippen LogP contribution in [0.3, 0.4) is 0 Å². The monoisotopic (exact) mass is 285 g/mol. The van der Waals surface area contributed by atoms with Crippen molar-refractivity contribution in [1.82, 2.24) is 0 Å². The predicted octanol–water partition coefficient (Wildman–Crippen LogP) is 4.36. The molecule has 0 amide bonds. The van der Waals surface area contributed by atoms with E-state index in [4.69, 9.17) is 4.74 Å². The molecule has 1 aliphatic rings. The molecule has 0 radical (unpaired) electrons. The minimum Gasteiger partial charge on any atom is -0.494 e. The lowest BCUT2D eigenvalue weighted by Gasteiger charge is -2.31. The smallest absolute Gasteiger partial charge is 0.168 e. The molecule has 0 aromatic heterocycles. The van der Waals surface area contributed by atoms with E-state index in [1.54, 1.807) is 6.07 Å². The largest absolute Gasteiger partial charge is 0.494 e. The summed E-state index contributed by atoms with van der Waals surface area (Å²) >= 11 is 0. The molecule has 1 N–H and O–H groups in total. The van der Waals surface area contributed by atoms with Crippen molar-refractivity contribution in [3.63, 3.8) is 0 Å². The Bertz CT molecular complexity index is 641. The summed E-state index contributed by atoms with van der Waals surface area (Å²) in [7, 11) is 1.50. The number of ether oxygens (including phenoxy) is 1. The molecule has 0 saturated heterocycles. The summed E-state index contributed by atoms with van der Waals surface area (Å²) in [6.07, 6.45) is 1.71. The number of para-hydroxylation sites is 1. The van der Waals surface area contributed by atoms with Crippen molar-refractivity contribution in [2.75, 3.05) is 12.4 Å². The van der Waals surface area contributed by atoms with Gasteiger partial charge in [0.1, 0.15) is 0 Å². The molecule has 2 nitrogen and oxygen atoms in total. The number of anilines is 1. The van der Waals surface area contributed by atoms with Crippen molar-refractivity contribution in [1.29, 1.82) is 0 Å². The molecule has 0 saturated carbocycles. The second-order valence-electron chi connectivity index (χ2n) is 5.70. The number of benzene rings is 2. The molecule has 110 valence electrons. The standard InChI is InChI=1S/C18H20FNO/c1-12-10-14(15-7-3-4-8-16(15)20-12)11-13-6-5-9-17(21-2)18(13)19/h3-9,12,14,20H,10-11H2,1-2H3. The molecule has 0 spiro atoms. The van der Waals surface area contributed by atoms with E-state index in [9.17, 15) is 4.39 Å². The van der Waals surface area contributed by atoms with Crippen LogP contribution in [-0.2, 0) is 6.42 Å². The minimum absolute atomic E-state index is 0.233. The van der Waals surface area contributed by atoms with Crippen LogP contribution >= 0.6 is 0 Å². The Morgan fingerprint density at radius 3 is 2.81 bits per heavy atom. The topological polar surface area (TPSA) is 21.3 Å². The Balaban J connectivity index is 1.92. The van der Waals surface area contributed by atoms with Crippen LogP contribution in [-0.4, -0.2) is 13.2 Å². The zero-order valence-corrected chi connectivity index (χ0v) is 12.4. The van der Waals surface area contributed by atoms with Gasteiger partial charge in [-0.2, -0.15) is 0 Å². The lowest BCUT2D eigenvalue weighted by Crippen LogP contribution is -2.26. The molecule has 3 rings (SSSR count). The molecule has 0 fully saturated rings. The first kappa shape index (κ1) is 13.9. The SMILES string of the molecule is COc1cccc(CC2CC(C)Nc3ccccc32)c1F. The highest BCUT2D eigenvalue weighted by molar-refractivity contribution is 5.56. The third-order valence-electron chi connectivity index (χ3n) is 4.17. The Kier molecular flexibility index (Phi) is 3.82. The third kappa shape index (κ3) is 2.73. The van der Waals surface area contributed by atoms with E-state index in [0.29, 0.717) is 24.1 Å². The maximum Gasteiger partial charge on any atom is 0.168 e. The molecule has 2 unspecified atom stereocenters. The average molecular weight is 285 g/mol. The van der Waals surface area contributed by atoms with Crippen LogP contribution in [0, 0.1) is 5.82 Å². The van der Waals surface area contributed by atoms with Gasteiger partial charge in [0.25, 0.3) is 0 Å². The quantitative estimate of drug-likeness (QED) is 0.904. The fourth-order valence-electron chi connectivity index (χ4n) is 3.19. The van der Waals surface area contributed by atoms with Crippen LogP contribution in [0.25, 0.3) is 0 Å². The van der Waals surface area contributed by atoms with Crippen molar-refractivity contribution < 1.29 is 9.13 Å². The first-order valence-corrected chi connectivity index (χ1v) is 7.36. The van der Waals surface area contributed by atoms with Crippen LogP contribution in [0.2, 0.25) is 0 Å². The van der Waals surface area contributed by atoms with Crippen molar-refractivity contribution in [2.45, 2.75) is 31.7 Å². The fourth-order valence-corrected chi connectivity index (χ4v) is 3.19. The molecule has 1 aliphatic heterocycles. The Hall–Kier alpha value is -2.03. The lowest BCUT2D eigenvalue weighted by atomic mass is 9.83. The maximum atomic E-state index is 14.4. The lowest BCUT2D eigenvalue weighted by molar-refractivity contribution is 0.383. The summed E-state index contributed by atoms with van der Waals surface area (Å²) in [5.41, 5.74) is 3.17. The van der Waals surface area contributed by atoms with Crippen molar-refractivity contribution >= 4 is 5.69 Å². The van der Waals surface area contributed by atoms with E-state index in [1.165, 1.54) is 18.4 Å². The number of hydrogen-bond donors (Lipinski definition) is 1. The molecule has 0 aliphatic carbocycles. The first-order chi connectivity index (χ1) is 10.2. The van der Waals surface area contributed by atoms with Gasteiger partial charge in [0.15, 0.2) is 11.6 Å². The van der Waals surface area contributed by atoms with E-state index < -0.39 is 0 Å². The molecule has 2 atom stereocenters. The van der Waals surface area contributed by atoms with Crippen LogP contribution < -0.4 is 10.1 Å². The van der Waals surface area contributed by atoms with Gasteiger partial charge < -0.3 is 10.1 Å². The Labute approximate surface area is 125 Å². The number of halogens is 1. The minimum atomic E-state index is -0.233. The molecule has 0 bridgehead atoms. The summed E-state index contributed by atoms with van der Waals surface area (Å²) in [6, 6.07) is 14.1. The zero-order valence-electron chi connectivity index (χ0n) is 12.4. The second kappa shape index (κ2) is 5.76. The van der Waals surface area contributed by atoms with Crippen molar-refractivity contribution in [2.24, 2.45) is 0 Å². The maximum absolute atomic E-state index is 14.4. The fraction of sp³-hybridized carbons (Fsp3) is 0.333. The highest BCUT2D eigenvalue weighted by Crippen LogP contribution is 2.37. The molecular weight excluding hydrogens is 265 g/mol. The number of hydrogen-bond acceptors (Lipinski definition) is 2. The van der Waals surface area contributed by atoms with E-state index in [1.807, 2.05) is 24.3 Å². The highest BCUT2D eigenvalue weighted by Gasteiger charge is 2.25. The Morgan fingerprint density at radius 2 is 2.00 bits per heavy atom. The molecule has 2 aromatic rings. The van der Waals surface area contributed by atoms with E-state index in [-0.39, 0.29) is 5.82 Å². The van der Waals surface area contributed by atoms with Gasteiger partial charge in [-0.1, -0.05) is 30.3 Å². The summed E-state index contributed by atoms with van der Waals surface area (Å²) < 4.78 is 19.4. The Morgan fingerprint density at radius 1 is 1.19 bits per heavy atom. The summed E-state index contributed by atoms with van der Waals surface area (Å²) in [5, 5.41) is 3.49. The van der Waals surface area contributed by atoms with Gasteiger partial charge in [-0.3, -0.25) is 0 Å². The first-order valence-electron chi connectivity index (χ1n) is 7.36. The van der Waals surface area contributed by atoms with Crippen LogP contribution in [0.15, 0.2) is 42.5 Å². The van der Waals surface area contributed by atoms with Crippen LogP contribution in [0.5, 0.6) is 5.75 Å². The number of methoxy groups -OCH3 is 1. The predicted molar refractivity (Wildman–Crippen MR) is 83.5 cm³/mol. The average Bonchev–Trinajstić information content (AvgIpc) is 2.49. The van der Waals surface area contributed by atoms with Gasteiger partial charge in [-0.05, 0) is 48.9 Å². The van der Waals surface area contributed by atoms with Crippen LogP contribution in [0.1, 0.15) is 30.4 Å². The number of nitrogens with one attached hydrogen (secondary N) is 1.